The topological polar surface area (TPSA) is 46.2 Å². The third-order valence-electron chi connectivity index (χ3n) is 3.01. The maximum atomic E-state index is 12.7. The van der Waals surface area contributed by atoms with Crippen molar-refractivity contribution in [2.45, 2.75) is 23.8 Å². The number of alkyl halides is 4. The van der Waals surface area contributed by atoms with Gasteiger partial charge in [-0.05, 0) is 30.2 Å². The van der Waals surface area contributed by atoms with Crippen LogP contribution in [0.4, 0.5) is 13.2 Å². The van der Waals surface area contributed by atoms with Crippen LogP contribution in [0.1, 0.15) is 22.6 Å². The fourth-order valence-electron chi connectivity index (χ4n) is 2.00. The molecular weight excluding hydrogens is 327 g/mol. The first-order valence-corrected chi connectivity index (χ1v) is 6.30. The number of carbonyl (C=O) groups is 2. The van der Waals surface area contributed by atoms with Crippen molar-refractivity contribution in [3.05, 3.63) is 34.9 Å². The zero-order valence-electron chi connectivity index (χ0n) is 9.72. The summed E-state index contributed by atoms with van der Waals surface area (Å²) in [5, 5.41) is 2.09. The van der Waals surface area contributed by atoms with Gasteiger partial charge in [0.1, 0.15) is 4.83 Å². The minimum absolute atomic E-state index is 0.208. The van der Waals surface area contributed by atoms with Gasteiger partial charge >= 0.3 is 6.18 Å². The number of halogens is 4. The van der Waals surface area contributed by atoms with Gasteiger partial charge in [-0.1, -0.05) is 22.0 Å². The number of nitrogens with one attached hydrogen (secondary N) is 1. The second-order valence-corrected chi connectivity index (χ2v) is 5.29. The van der Waals surface area contributed by atoms with Gasteiger partial charge in [-0.2, -0.15) is 13.2 Å². The van der Waals surface area contributed by atoms with Gasteiger partial charge in [-0.25, -0.2) is 0 Å². The lowest BCUT2D eigenvalue weighted by Crippen LogP contribution is -2.22. The maximum absolute atomic E-state index is 12.7. The van der Waals surface area contributed by atoms with Crippen LogP contribution in [0, 0.1) is 6.92 Å². The normalized spacial score (nSPS) is 23.6. The first-order valence-electron chi connectivity index (χ1n) is 5.38. The van der Waals surface area contributed by atoms with Gasteiger partial charge in [0.25, 0.3) is 0 Å². The van der Waals surface area contributed by atoms with Crippen molar-refractivity contribution in [2.75, 3.05) is 0 Å². The average molecular weight is 336 g/mol. The SMILES string of the molecule is Cc1ccc(C(F)(F)F)cc1C1C(=O)NC(=O)C1Br. The molecule has 1 heterocycles. The van der Waals surface area contributed by atoms with Gasteiger partial charge in [-0.15, -0.1) is 0 Å². The van der Waals surface area contributed by atoms with Crippen LogP contribution in [0.15, 0.2) is 18.2 Å². The van der Waals surface area contributed by atoms with Gasteiger partial charge in [0, 0.05) is 0 Å². The summed E-state index contributed by atoms with van der Waals surface area (Å²) < 4.78 is 38.0. The number of carbonyl (C=O) groups excluding carboxylic acids is 2. The molecule has 2 rings (SSSR count). The maximum Gasteiger partial charge on any atom is 0.416 e. The molecule has 0 bridgehead atoms. The second kappa shape index (κ2) is 4.63. The third kappa shape index (κ3) is 2.51. The monoisotopic (exact) mass is 335 g/mol. The Kier molecular flexibility index (Phi) is 3.42. The predicted molar refractivity (Wildman–Crippen MR) is 64.8 cm³/mol. The molecule has 1 N–H and O–H groups in total. The Morgan fingerprint density at radius 1 is 1.21 bits per heavy atom. The smallest absolute Gasteiger partial charge is 0.295 e. The van der Waals surface area contributed by atoms with Crippen molar-refractivity contribution in [1.29, 1.82) is 0 Å². The van der Waals surface area contributed by atoms with Gasteiger partial charge in [-0.3, -0.25) is 14.9 Å². The summed E-state index contributed by atoms with van der Waals surface area (Å²) in [6, 6.07) is 3.18. The Bertz CT molecular complexity index is 556. The minimum atomic E-state index is -4.48. The van der Waals surface area contributed by atoms with Crippen LogP contribution in [0.25, 0.3) is 0 Å². The molecule has 1 saturated heterocycles. The lowest BCUT2D eigenvalue weighted by Gasteiger charge is -2.16. The second-order valence-electron chi connectivity index (χ2n) is 4.30. The lowest BCUT2D eigenvalue weighted by molar-refractivity contribution is -0.137. The van der Waals surface area contributed by atoms with Crippen molar-refractivity contribution in [3.8, 4) is 0 Å². The highest BCUT2D eigenvalue weighted by Gasteiger charge is 2.42. The van der Waals surface area contributed by atoms with Gasteiger partial charge in [0.15, 0.2) is 0 Å². The summed E-state index contributed by atoms with van der Waals surface area (Å²) >= 11 is 3.04. The molecule has 19 heavy (non-hydrogen) atoms. The van der Waals surface area contributed by atoms with Gasteiger partial charge < -0.3 is 0 Å². The predicted octanol–water partition coefficient (Wildman–Crippen LogP) is 2.52. The number of imide groups is 1. The molecule has 7 heteroatoms. The van der Waals surface area contributed by atoms with E-state index in [0.717, 1.165) is 12.1 Å². The van der Waals surface area contributed by atoms with Gasteiger partial charge in [0.2, 0.25) is 11.8 Å². The van der Waals surface area contributed by atoms with Crippen LogP contribution in [0.2, 0.25) is 0 Å². The zero-order valence-corrected chi connectivity index (χ0v) is 11.3. The van der Waals surface area contributed by atoms with E-state index in [2.05, 4.69) is 21.2 Å². The summed E-state index contributed by atoms with van der Waals surface area (Å²) in [6.07, 6.45) is -4.48. The average Bonchev–Trinajstić information content (AvgIpc) is 2.53. The molecule has 2 atom stereocenters. The van der Waals surface area contributed by atoms with Crippen molar-refractivity contribution in [2.24, 2.45) is 0 Å². The van der Waals surface area contributed by atoms with Crippen LogP contribution in [-0.4, -0.2) is 16.6 Å². The van der Waals surface area contributed by atoms with Crippen LogP contribution in [0.3, 0.4) is 0 Å². The van der Waals surface area contributed by atoms with E-state index in [1.54, 1.807) is 6.92 Å². The molecule has 0 spiro atoms. The molecule has 1 aliphatic heterocycles. The molecule has 1 aliphatic rings. The summed E-state index contributed by atoms with van der Waals surface area (Å²) in [5.41, 5.74) is -0.0905. The molecule has 102 valence electrons. The summed E-state index contributed by atoms with van der Waals surface area (Å²) in [5.74, 6) is -2.06. The molecule has 1 aromatic rings. The number of benzene rings is 1. The number of amides is 2. The molecule has 0 aliphatic carbocycles. The van der Waals surface area contributed by atoms with E-state index in [-0.39, 0.29) is 5.56 Å². The van der Waals surface area contributed by atoms with E-state index >= 15 is 0 Å². The highest BCUT2D eigenvalue weighted by molar-refractivity contribution is 9.10. The third-order valence-corrected chi connectivity index (χ3v) is 3.96. The van der Waals surface area contributed by atoms with E-state index in [1.807, 2.05) is 0 Å². The highest BCUT2D eigenvalue weighted by atomic mass is 79.9. The van der Waals surface area contributed by atoms with Crippen molar-refractivity contribution >= 4 is 27.7 Å². The Hall–Kier alpha value is -1.37. The van der Waals surface area contributed by atoms with Crippen LogP contribution in [0.5, 0.6) is 0 Å². The van der Waals surface area contributed by atoms with E-state index in [9.17, 15) is 22.8 Å². The van der Waals surface area contributed by atoms with Crippen LogP contribution >= 0.6 is 15.9 Å². The van der Waals surface area contributed by atoms with Crippen molar-refractivity contribution < 1.29 is 22.8 Å². The molecular formula is C12H9BrF3NO2. The highest BCUT2D eigenvalue weighted by Crippen LogP contribution is 2.36. The Balaban J connectivity index is 2.50. The van der Waals surface area contributed by atoms with Crippen LogP contribution < -0.4 is 5.32 Å². The molecule has 3 nitrogen and oxygen atoms in total. The molecule has 1 aromatic carbocycles. The fourth-order valence-corrected chi connectivity index (χ4v) is 2.64. The number of aryl methyl sites for hydroxylation is 1. The van der Waals surface area contributed by atoms with E-state index in [4.69, 9.17) is 0 Å². The fraction of sp³-hybridized carbons (Fsp3) is 0.333. The lowest BCUT2D eigenvalue weighted by atomic mass is 9.91. The summed E-state index contributed by atoms with van der Waals surface area (Å²) in [6.45, 7) is 1.60. The zero-order chi connectivity index (χ0) is 14.4. The molecule has 0 aromatic heterocycles. The van der Waals surface area contributed by atoms with Gasteiger partial charge in [0.05, 0.1) is 11.5 Å². The Labute approximate surface area is 115 Å². The summed E-state index contributed by atoms with van der Waals surface area (Å²) in [7, 11) is 0. The quantitative estimate of drug-likeness (QED) is 0.633. The number of hydrogen-bond donors (Lipinski definition) is 1. The van der Waals surface area contributed by atoms with E-state index in [1.165, 1.54) is 6.07 Å². The first kappa shape index (κ1) is 14.0. The largest absolute Gasteiger partial charge is 0.416 e. The molecule has 0 radical (unpaired) electrons. The molecule has 1 fully saturated rings. The summed E-state index contributed by atoms with van der Waals surface area (Å²) in [4.78, 5) is 22.2. The van der Waals surface area contributed by atoms with E-state index in [0.29, 0.717) is 5.56 Å². The number of rotatable bonds is 1. The number of hydrogen-bond acceptors (Lipinski definition) is 2. The van der Waals surface area contributed by atoms with E-state index < -0.39 is 34.3 Å². The first-order chi connectivity index (χ1) is 8.71. The molecule has 2 unspecified atom stereocenters. The minimum Gasteiger partial charge on any atom is -0.295 e. The molecule has 2 amide bonds. The molecule has 0 saturated carbocycles. The Morgan fingerprint density at radius 2 is 1.84 bits per heavy atom. The van der Waals surface area contributed by atoms with Crippen molar-refractivity contribution in [1.82, 2.24) is 5.32 Å². The standard InChI is InChI=1S/C12H9BrF3NO2/c1-5-2-3-6(12(14,15)16)4-7(5)8-9(13)11(19)17-10(8)18/h2-4,8-9H,1H3,(H,17,18,19). The Morgan fingerprint density at radius 3 is 2.32 bits per heavy atom. The van der Waals surface area contributed by atoms with Crippen molar-refractivity contribution in [3.63, 3.8) is 0 Å². The van der Waals surface area contributed by atoms with Crippen LogP contribution in [-0.2, 0) is 15.8 Å².